The normalized spacial score (nSPS) is 23.1. The van der Waals surface area contributed by atoms with Crippen molar-refractivity contribution in [3.8, 4) is 22.6 Å². The van der Waals surface area contributed by atoms with E-state index in [0.717, 1.165) is 21.4 Å². The number of guanidine groups is 2. The van der Waals surface area contributed by atoms with E-state index in [2.05, 4.69) is 47.8 Å². The number of hydrogen-bond donors (Lipinski definition) is 4. The van der Waals surface area contributed by atoms with Crippen molar-refractivity contribution in [3.05, 3.63) is 146 Å². The van der Waals surface area contributed by atoms with Crippen molar-refractivity contribution >= 4 is 51.8 Å². The molecule has 16 nitrogen and oxygen atoms in total. The Morgan fingerprint density at radius 3 is 1.62 bits per heavy atom. The van der Waals surface area contributed by atoms with Crippen molar-refractivity contribution in [3.63, 3.8) is 0 Å². The van der Waals surface area contributed by atoms with E-state index in [1.54, 1.807) is 26.2 Å². The molecule has 9 rings (SSSR count). The third-order valence-electron chi connectivity index (χ3n) is 14.0. The Bertz CT molecular complexity index is 3010. The Morgan fingerprint density at radius 1 is 0.711 bits per heavy atom. The largest absolute Gasteiger partial charge is 0.493 e. The van der Waals surface area contributed by atoms with Gasteiger partial charge in [0, 0.05) is 56.5 Å². The molecule has 6 unspecified atom stereocenters. The quantitative estimate of drug-likeness (QED) is 0.0670. The predicted molar refractivity (Wildman–Crippen MR) is 292 cm³/mol. The van der Waals surface area contributed by atoms with Crippen LogP contribution in [0.3, 0.4) is 0 Å². The molecule has 0 aromatic heterocycles. The van der Waals surface area contributed by atoms with Crippen LogP contribution in [0.2, 0.25) is 0 Å². The lowest BCUT2D eigenvalue weighted by Crippen LogP contribution is -2.42. The fourth-order valence-corrected chi connectivity index (χ4v) is 10.0. The number of allylic oxidation sites excluding steroid dienone is 2. The molecule has 2 spiro atoms. The van der Waals surface area contributed by atoms with Crippen LogP contribution in [0.4, 0.5) is 20.2 Å². The van der Waals surface area contributed by atoms with Crippen molar-refractivity contribution in [2.24, 2.45) is 33.3 Å². The Kier molecular flexibility index (Phi) is 17.4. The molecule has 4 aromatic carbocycles. The Hall–Kier alpha value is -6.36. The van der Waals surface area contributed by atoms with Crippen molar-refractivity contribution in [2.45, 2.75) is 116 Å². The lowest BCUT2D eigenvalue weighted by Gasteiger charge is -2.39. The fraction of sp³-hybridized carbons (Fsp3) is 0.429. The highest BCUT2D eigenvalue weighted by Gasteiger charge is 2.53. The van der Waals surface area contributed by atoms with E-state index in [9.17, 15) is 19.0 Å². The standard InChI is InChI=1S/C25H27FN4O3.C18H24BrN3O3.C13H15BFNO2/c1-15(2)9-17(7-8-31)23-14-25(29-24(27)30(4)33-25)21-12-16(5-6-22(21)32-23)18-10-19(26)13-20(11-18)28-3;1-11(2)8-12(6-7-23)16-10-18(21-17(20)22(3)25-18)14-9-13(19)4-5-15(14)24-16;1-12(2)13(3,4)18-14(17-12)9-6-10(15)8-11(7-9)16-5/h5-6,9-13,17,23,31H,7-8,14H2,1-2,4H3,(H2,27,29);4-5,8-9,12,16,23H,6-7,10H2,1-3H3,(H2,20,21);6-8H,1-4H3. The van der Waals surface area contributed by atoms with Gasteiger partial charge in [0.25, 0.3) is 0 Å². The molecule has 1 saturated heterocycles. The first-order valence-corrected chi connectivity index (χ1v) is 25.7. The van der Waals surface area contributed by atoms with Crippen molar-refractivity contribution in [2.75, 3.05) is 27.3 Å². The number of hydroxylamine groups is 4. The van der Waals surface area contributed by atoms with Crippen LogP contribution in [0.25, 0.3) is 20.8 Å². The maximum atomic E-state index is 14.1. The first-order valence-electron chi connectivity index (χ1n) is 24.9. The minimum atomic E-state index is -1.10. The van der Waals surface area contributed by atoms with E-state index in [1.165, 1.54) is 40.0 Å². The summed E-state index contributed by atoms with van der Waals surface area (Å²) in [5.41, 5.74) is 15.3. The zero-order chi connectivity index (χ0) is 55.5. The van der Waals surface area contributed by atoms with Gasteiger partial charge in [0.1, 0.15) is 35.3 Å². The number of benzene rings is 4. The molecule has 402 valence electrons. The molecular formula is C56H66BBrF2N8O8. The van der Waals surface area contributed by atoms with Crippen LogP contribution < -0.4 is 26.4 Å². The summed E-state index contributed by atoms with van der Waals surface area (Å²) in [6.07, 6.45) is 5.84. The molecule has 0 amide bonds. The zero-order valence-electron chi connectivity index (χ0n) is 44.5. The van der Waals surface area contributed by atoms with E-state index < -0.39 is 41.4 Å². The summed E-state index contributed by atoms with van der Waals surface area (Å²) in [6, 6.07) is 19.7. The molecule has 1 fully saturated rings. The van der Waals surface area contributed by atoms with Crippen LogP contribution in [-0.4, -0.2) is 90.1 Å². The fourth-order valence-electron chi connectivity index (χ4n) is 9.65. The first kappa shape index (κ1) is 57.4. The molecule has 6 N–H and O–H groups in total. The summed E-state index contributed by atoms with van der Waals surface area (Å²) in [6.45, 7) is 30.1. The van der Waals surface area contributed by atoms with Crippen LogP contribution in [0.15, 0.2) is 111 Å². The number of nitrogens with two attached hydrogens (primary N) is 2. The van der Waals surface area contributed by atoms with Crippen molar-refractivity contribution < 1.29 is 47.5 Å². The minimum absolute atomic E-state index is 0.0300. The second kappa shape index (κ2) is 23.1. The monoisotopic (exact) mass is 1110 g/mol. The average Bonchev–Trinajstić information content (AvgIpc) is 3.95. The number of aliphatic hydroxyl groups is 2. The molecule has 0 radical (unpaired) electrons. The maximum Gasteiger partial charge on any atom is 0.493 e. The number of halogens is 3. The molecule has 5 heterocycles. The minimum Gasteiger partial charge on any atom is -0.489 e. The van der Waals surface area contributed by atoms with Gasteiger partial charge in [-0.15, -0.1) is 0 Å². The summed E-state index contributed by atoms with van der Waals surface area (Å²) in [7, 11) is 2.81. The van der Waals surface area contributed by atoms with Crippen LogP contribution in [0.5, 0.6) is 11.5 Å². The number of aliphatic imine (C=N–C) groups is 2. The molecule has 20 heteroatoms. The molecule has 5 aliphatic rings. The molecule has 5 aliphatic heterocycles. The number of nitrogens with zero attached hydrogens (tertiary/aromatic N) is 6. The highest BCUT2D eigenvalue weighted by molar-refractivity contribution is 9.10. The van der Waals surface area contributed by atoms with Gasteiger partial charge < -0.3 is 40.5 Å². The SMILES string of the molecule is CC(C)=CC(CCO)C1CC2(N=C(N)N(C)O2)c2cc(Br)ccc2O1.[C-]#[N+]c1cc(F)cc(-c2ccc3c(c2)C2(CC(C(C=C(C)C)CCO)O3)N=C(N)N(C)O2)c1.[C-]#[N+]c1cc(F)cc(B2OC(C)(C)C(C)(C)O2)c1. The van der Waals surface area contributed by atoms with E-state index in [1.807, 2.05) is 91.8 Å². The van der Waals surface area contributed by atoms with Crippen LogP contribution >= 0.6 is 15.9 Å². The van der Waals surface area contributed by atoms with Gasteiger partial charge in [-0.05, 0) is 145 Å². The van der Waals surface area contributed by atoms with Crippen molar-refractivity contribution in [1.29, 1.82) is 0 Å². The first-order chi connectivity index (χ1) is 35.8. The van der Waals surface area contributed by atoms with Gasteiger partial charge in [-0.1, -0.05) is 51.4 Å². The van der Waals surface area contributed by atoms with E-state index in [-0.39, 0.29) is 54.6 Å². The zero-order valence-corrected chi connectivity index (χ0v) is 46.1. The third kappa shape index (κ3) is 12.6. The Morgan fingerprint density at radius 2 is 1.17 bits per heavy atom. The summed E-state index contributed by atoms with van der Waals surface area (Å²) in [5.74, 6) is 1.00. The van der Waals surface area contributed by atoms with E-state index in [4.69, 9.17) is 53.1 Å². The highest BCUT2D eigenvalue weighted by Crippen LogP contribution is 2.50. The molecule has 0 saturated carbocycles. The predicted octanol–water partition coefficient (Wildman–Crippen LogP) is 10.1. The maximum absolute atomic E-state index is 14.1. The van der Waals surface area contributed by atoms with E-state index >= 15 is 0 Å². The number of rotatable bonds is 10. The highest BCUT2D eigenvalue weighted by atomic mass is 79.9. The lowest BCUT2D eigenvalue weighted by molar-refractivity contribution is -0.193. The number of aliphatic hydroxyl groups excluding tert-OH is 2. The summed E-state index contributed by atoms with van der Waals surface area (Å²) >= 11 is 3.51. The molecule has 4 aromatic rings. The molecule has 0 bridgehead atoms. The molecule has 0 aliphatic carbocycles. The Labute approximate surface area is 452 Å². The smallest absolute Gasteiger partial charge is 0.489 e. The van der Waals surface area contributed by atoms with Gasteiger partial charge in [-0.25, -0.2) is 48.3 Å². The van der Waals surface area contributed by atoms with Gasteiger partial charge in [0.05, 0.1) is 35.5 Å². The lowest BCUT2D eigenvalue weighted by atomic mass is 9.79. The van der Waals surface area contributed by atoms with Gasteiger partial charge in [-0.2, -0.15) is 0 Å². The van der Waals surface area contributed by atoms with Crippen LogP contribution in [-0.2, 0) is 30.4 Å². The van der Waals surface area contributed by atoms with Crippen LogP contribution in [0.1, 0.15) is 92.2 Å². The Balaban J connectivity index is 0.000000174. The van der Waals surface area contributed by atoms with Gasteiger partial charge in [-0.3, -0.25) is 0 Å². The average molecular weight is 1110 g/mol. The van der Waals surface area contributed by atoms with Gasteiger partial charge >= 0.3 is 7.12 Å². The number of ether oxygens (including phenoxy) is 2. The number of hydrogen-bond acceptors (Lipinski definition) is 14. The van der Waals surface area contributed by atoms with Gasteiger partial charge in [0.2, 0.25) is 23.4 Å². The third-order valence-corrected chi connectivity index (χ3v) is 14.5. The summed E-state index contributed by atoms with van der Waals surface area (Å²) < 4.78 is 52.7. The summed E-state index contributed by atoms with van der Waals surface area (Å²) in [5, 5.41) is 22.0. The van der Waals surface area contributed by atoms with Crippen molar-refractivity contribution in [1.82, 2.24) is 10.1 Å². The number of fused-ring (bicyclic) bond motifs is 4. The van der Waals surface area contributed by atoms with Gasteiger partial charge in [0.15, 0.2) is 11.4 Å². The van der Waals surface area contributed by atoms with Crippen LogP contribution in [0, 0.1) is 36.6 Å². The second-order valence-corrected chi connectivity index (χ2v) is 21.8. The topological polar surface area (TPSA) is 188 Å². The summed E-state index contributed by atoms with van der Waals surface area (Å²) in [4.78, 5) is 28.1. The molecular weight excluding hydrogens is 1040 g/mol. The molecule has 76 heavy (non-hydrogen) atoms. The molecule has 6 atom stereocenters. The van der Waals surface area contributed by atoms with E-state index in [0.29, 0.717) is 59.5 Å². The second-order valence-electron chi connectivity index (χ2n) is 20.9.